The summed E-state index contributed by atoms with van der Waals surface area (Å²) in [7, 11) is 1.57. The van der Waals surface area contributed by atoms with E-state index in [0.717, 1.165) is 0 Å². The molecule has 8 heavy (non-hydrogen) atoms. The van der Waals surface area contributed by atoms with Gasteiger partial charge in [-0.05, 0) is 22.8 Å². The summed E-state index contributed by atoms with van der Waals surface area (Å²) >= 11 is 3.00. The summed E-state index contributed by atoms with van der Waals surface area (Å²) in [6.45, 7) is -2.19. The Kier molecular flexibility index (Phi) is 0.686. The van der Waals surface area contributed by atoms with Crippen molar-refractivity contribution in [3.05, 3.63) is 10.3 Å². The Labute approximate surface area is 60.0 Å². The predicted molar refractivity (Wildman–Crippen MR) is 33.4 cm³/mol. The highest BCUT2D eigenvalue weighted by molar-refractivity contribution is 9.10. The number of hydrogen-bond donors (Lipinski definition) is 0. The number of aryl methyl sites for hydroxylation is 2. The highest BCUT2D eigenvalue weighted by atomic mass is 79.9. The van der Waals surface area contributed by atoms with Crippen molar-refractivity contribution in [1.82, 2.24) is 15.0 Å². The third-order valence-corrected chi connectivity index (χ3v) is 1.21. The quantitative estimate of drug-likeness (QED) is 0.591. The van der Waals surface area contributed by atoms with Gasteiger partial charge in [0, 0.05) is 11.2 Å². The minimum Gasteiger partial charge on any atom is -0.187 e. The van der Waals surface area contributed by atoms with Gasteiger partial charge >= 0.3 is 0 Å². The van der Waals surface area contributed by atoms with Crippen LogP contribution in [0.25, 0.3) is 0 Å². The van der Waals surface area contributed by atoms with Gasteiger partial charge in [0.15, 0.2) is 4.60 Å². The lowest BCUT2D eigenvalue weighted by Crippen LogP contribution is -1.91. The Morgan fingerprint density at radius 3 is 2.75 bits per heavy atom. The Morgan fingerprint density at radius 1 is 1.75 bits per heavy atom. The summed E-state index contributed by atoms with van der Waals surface area (Å²) in [6.07, 6.45) is 0. The van der Waals surface area contributed by atoms with Crippen molar-refractivity contribution in [2.75, 3.05) is 0 Å². The number of aromatic nitrogens is 3. The summed E-state index contributed by atoms with van der Waals surface area (Å²) < 4.78 is 21.3. The minimum absolute atomic E-state index is 0.000000000000000444. The first-order chi connectivity index (χ1) is 4.91. The fourth-order valence-corrected chi connectivity index (χ4v) is 0.692. The molecule has 0 unspecified atom stereocenters. The highest BCUT2D eigenvalue weighted by Gasteiger charge is 1.96. The van der Waals surface area contributed by atoms with E-state index in [1.54, 1.807) is 7.05 Å². The van der Waals surface area contributed by atoms with Crippen LogP contribution in [0.4, 0.5) is 0 Å². The lowest BCUT2D eigenvalue weighted by molar-refractivity contribution is 0.647. The van der Waals surface area contributed by atoms with Gasteiger partial charge in [0.1, 0.15) is 0 Å². The van der Waals surface area contributed by atoms with E-state index in [4.69, 9.17) is 4.11 Å². The maximum atomic E-state index is 7.01. The molecular weight excluding hydrogens is 170 g/mol. The average molecular weight is 179 g/mol. The molecule has 0 saturated carbocycles. The molecule has 0 amide bonds. The van der Waals surface area contributed by atoms with E-state index >= 15 is 0 Å². The molecule has 1 aromatic heterocycles. The second-order valence-electron chi connectivity index (χ2n) is 1.33. The van der Waals surface area contributed by atoms with Gasteiger partial charge in [0.05, 0.1) is 5.69 Å². The molecule has 1 rings (SSSR count). The molecule has 44 valence electrons. The molecule has 0 aliphatic rings. The second-order valence-corrected chi connectivity index (χ2v) is 2.08. The molecule has 0 fully saturated rings. The first-order valence-corrected chi connectivity index (χ1v) is 2.78. The monoisotopic (exact) mass is 178 g/mol. The van der Waals surface area contributed by atoms with Crippen molar-refractivity contribution in [3.63, 3.8) is 0 Å². The van der Waals surface area contributed by atoms with Crippen LogP contribution in [0, 0.1) is 6.85 Å². The zero-order valence-corrected chi connectivity index (χ0v) is 5.81. The molecule has 1 heterocycles. The third kappa shape index (κ3) is 0.888. The summed E-state index contributed by atoms with van der Waals surface area (Å²) in [5, 5.41) is 7.42. The van der Waals surface area contributed by atoms with Gasteiger partial charge in [-0.1, -0.05) is 0 Å². The molecular formula is C4H6BrN3. The zero-order chi connectivity index (χ0) is 8.65. The van der Waals surface area contributed by atoms with Gasteiger partial charge in [0.2, 0.25) is 0 Å². The highest BCUT2D eigenvalue weighted by Crippen LogP contribution is 2.06. The van der Waals surface area contributed by atoms with E-state index < -0.39 is 6.85 Å². The molecule has 0 bridgehead atoms. The van der Waals surface area contributed by atoms with Gasteiger partial charge in [0.25, 0.3) is 0 Å². The van der Waals surface area contributed by atoms with Crippen LogP contribution in [-0.4, -0.2) is 15.0 Å². The van der Waals surface area contributed by atoms with Crippen LogP contribution >= 0.6 is 15.9 Å². The summed E-state index contributed by atoms with van der Waals surface area (Å²) in [6, 6.07) is 0. The standard InChI is InChI=1S/C4H6BrN3/c1-3-4(5)7-8(2)6-3/h1-2H3/i1D3. The van der Waals surface area contributed by atoms with E-state index in [0.29, 0.717) is 0 Å². The third-order valence-electron chi connectivity index (χ3n) is 0.673. The molecule has 0 spiro atoms. The van der Waals surface area contributed by atoms with Crippen LogP contribution < -0.4 is 0 Å². The molecule has 1 aromatic rings. The van der Waals surface area contributed by atoms with Crippen molar-refractivity contribution in [2.24, 2.45) is 7.05 Å². The molecule has 0 aromatic carbocycles. The smallest absolute Gasteiger partial charge is 0.151 e. The van der Waals surface area contributed by atoms with Crippen molar-refractivity contribution in [2.45, 2.75) is 6.85 Å². The van der Waals surface area contributed by atoms with Gasteiger partial charge < -0.3 is 0 Å². The summed E-state index contributed by atoms with van der Waals surface area (Å²) in [5.74, 6) is 0. The lowest BCUT2D eigenvalue weighted by Gasteiger charge is -1.76. The van der Waals surface area contributed by atoms with Crippen LogP contribution in [0.2, 0.25) is 0 Å². The van der Waals surface area contributed by atoms with Gasteiger partial charge in [-0.15, -0.1) is 5.10 Å². The van der Waals surface area contributed by atoms with Crippen molar-refractivity contribution >= 4 is 15.9 Å². The molecule has 0 saturated heterocycles. The van der Waals surface area contributed by atoms with Crippen LogP contribution in [0.15, 0.2) is 4.60 Å². The number of nitrogens with zero attached hydrogens (tertiary/aromatic N) is 3. The Morgan fingerprint density at radius 2 is 2.50 bits per heavy atom. The van der Waals surface area contributed by atoms with Crippen molar-refractivity contribution in [1.29, 1.82) is 0 Å². The first-order valence-electron chi connectivity index (χ1n) is 3.48. The van der Waals surface area contributed by atoms with Gasteiger partial charge in [-0.3, -0.25) is 0 Å². The van der Waals surface area contributed by atoms with Crippen LogP contribution in [0.5, 0.6) is 0 Å². The minimum atomic E-state index is -2.19. The molecule has 0 N–H and O–H groups in total. The summed E-state index contributed by atoms with van der Waals surface area (Å²) in [4.78, 5) is 1.21. The van der Waals surface area contributed by atoms with E-state index in [1.165, 1.54) is 4.80 Å². The zero-order valence-electron chi connectivity index (χ0n) is 7.22. The Hall–Kier alpha value is -0.380. The van der Waals surface area contributed by atoms with Crippen molar-refractivity contribution in [3.8, 4) is 0 Å². The average Bonchev–Trinajstić information content (AvgIpc) is 2.08. The van der Waals surface area contributed by atoms with Gasteiger partial charge in [-0.25, -0.2) is 0 Å². The van der Waals surface area contributed by atoms with E-state index in [2.05, 4.69) is 26.1 Å². The largest absolute Gasteiger partial charge is 0.187 e. The molecule has 0 aliphatic heterocycles. The van der Waals surface area contributed by atoms with E-state index in [1.807, 2.05) is 0 Å². The van der Waals surface area contributed by atoms with Crippen molar-refractivity contribution < 1.29 is 4.11 Å². The summed E-state index contributed by atoms with van der Waals surface area (Å²) in [5.41, 5.74) is 0.000000000000000444. The number of hydrogen-bond acceptors (Lipinski definition) is 2. The first kappa shape index (κ1) is 2.96. The molecule has 4 heteroatoms. The van der Waals surface area contributed by atoms with Crippen LogP contribution in [-0.2, 0) is 7.05 Å². The van der Waals surface area contributed by atoms with E-state index in [9.17, 15) is 0 Å². The molecule has 0 radical (unpaired) electrons. The molecule has 0 atom stereocenters. The normalized spacial score (nSPS) is 17.0. The van der Waals surface area contributed by atoms with Gasteiger partial charge in [-0.2, -0.15) is 9.90 Å². The number of rotatable bonds is 0. The fourth-order valence-electron chi connectivity index (χ4n) is 0.383. The SMILES string of the molecule is [2H]C([2H])([2H])c1nn(C)nc1Br. The Balaban J connectivity index is 3.13. The van der Waals surface area contributed by atoms with Crippen LogP contribution in [0.1, 0.15) is 9.81 Å². The van der Waals surface area contributed by atoms with Crippen LogP contribution in [0.3, 0.4) is 0 Å². The maximum absolute atomic E-state index is 7.01. The lowest BCUT2D eigenvalue weighted by atomic mass is 10.6. The Bertz CT molecular complexity index is 266. The molecule has 3 nitrogen and oxygen atoms in total. The maximum Gasteiger partial charge on any atom is 0.151 e. The predicted octanol–water partition coefficient (Wildman–Crippen LogP) is 0.886. The van der Waals surface area contributed by atoms with E-state index in [-0.39, 0.29) is 10.3 Å². The fraction of sp³-hybridized carbons (Fsp3) is 0.500. The molecule has 0 aliphatic carbocycles. The topological polar surface area (TPSA) is 30.7 Å². The number of halogens is 1. The second kappa shape index (κ2) is 1.85.